The summed E-state index contributed by atoms with van der Waals surface area (Å²) in [4.78, 5) is 23.3. The Kier molecular flexibility index (Phi) is 5.56. The van der Waals surface area contributed by atoms with Gasteiger partial charge in [0.25, 0.3) is 5.91 Å². The molecule has 1 aliphatic heterocycles. The molecule has 1 fully saturated rings. The highest BCUT2D eigenvalue weighted by molar-refractivity contribution is 6.04. The first kappa shape index (κ1) is 18.7. The molecule has 0 aliphatic carbocycles. The first-order valence-corrected chi connectivity index (χ1v) is 9.61. The van der Waals surface area contributed by atoms with Crippen molar-refractivity contribution >= 4 is 28.9 Å². The van der Waals surface area contributed by atoms with Crippen molar-refractivity contribution in [1.29, 1.82) is 0 Å². The molecule has 0 spiro atoms. The minimum absolute atomic E-state index is 0.241. The lowest BCUT2D eigenvalue weighted by Gasteiger charge is -2.17. The van der Waals surface area contributed by atoms with Crippen LogP contribution in [0.1, 0.15) is 23.2 Å². The van der Waals surface area contributed by atoms with Gasteiger partial charge in [0.2, 0.25) is 5.95 Å². The number of nitrogens with zero attached hydrogens (tertiary/aromatic N) is 3. The molecule has 1 saturated heterocycles. The van der Waals surface area contributed by atoms with Gasteiger partial charge in [-0.3, -0.25) is 4.79 Å². The quantitative estimate of drug-likeness (QED) is 0.661. The minimum Gasteiger partial charge on any atom is -0.497 e. The highest BCUT2D eigenvalue weighted by atomic mass is 16.5. The fourth-order valence-electron chi connectivity index (χ4n) is 3.25. The number of aromatic nitrogens is 2. The molecular formula is C22H23N5O2. The van der Waals surface area contributed by atoms with Crippen LogP contribution in [0.2, 0.25) is 0 Å². The van der Waals surface area contributed by atoms with Crippen molar-refractivity contribution in [3.05, 3.63) is 66.5 Å². The Morgan fingerprint density at radius 1 is 0.931 bits per heavy atom. The molecule has 0 bridgehead atoms. The van der Waals surface area contributed by atoms with Crippen molar-refractivity contribution in [2.45, 2.75) is 12.8 Å². The lowest BCUT2D eigenvalue weighted by Crippen LogP contribution is -2.17. The van der Waals surface area contributed by atoms with Crippen LogP contribution in [0, 0.1) is 0 Å². The summed E-state index contributed by atoms with van der Waals surface area (Å²) >= 11 is 0. The number of nitrogens with one attached hydrogen (secondary N) is 2. The second-order valence-corrected chi connectivity index (χ2v) is 6.84. The number of anilines is 4. The number of methoxy groups -OCH3 is 1. The Hall–Kier alpha value is -3.61. The highest BCUT2D eigenvalue weighted by Crippen LogP contribution is 2.22. The van der Waals surface area contributed by atoms with Crippen LogP contribution >= 0.6 is 0 Å². The molecule has 2 heterocycles. The molecule has 2 aromatic carbocycles. The van der Waals surface area contributed by atoms with E-state index in [1.54, 1.807) is 7.11 Å². The van der Waals surface area contributed by atoms with E-state index >= 15 is 0 Å². The van der Waals surface area contributed by atoms with E-state index in [9.17, 15) is 4.79 Å². The van der Waals surface area contributed by atoms with Crippen molar-refractivity contribution in [3.63, 3.8) is 0 Å². The van der Waals surface area contributed by atoms with Gasteiger partial charge in [0.05, 0.1) is 12.7 Å². The molecule has 7 nitrogen and oxygen atoms in total. The van der Waals surface area contributed by atoms with E-state index in [-0.39, 0.29) is 5.91 Å². The van der Waals surface area contributed by atoms with E-state index in [4.69, 9.17) is 4.74 Å². The molecule has 4 rings (SSSR count). The Labute approximate surface area is 169 Å². The summed E-state index contributed by atoms with van der Waals surface area (Å²) in [6.07, 6.45) is 5.49. The second-order valence-electron chi connectivity index (χ2n) is 6.84. The molecule has 7 heteroatoms. The maximum absolute atomic E-state index is 12.5. The van der Waals surface area contributed by atoms with Crippen molar-refractivity contribution in [2.24, 2.45) is 0 Å². The Morgan fingerprint density at radius 3 is 2.17 bits per heavy atom. The standard InChI is InChI=1S/C22H23N5O2/c1-29-20-10-6-18(7-11-20)26-22-23-14-16(15-24-22)21(28)25-17-4-8-19(9-5-17)27-12-2-3-13-27/h4-11,14-15H,2-3,12-13H2,1H3,(H,25,28)(H,23,24,26). The molecule has 1 aliphatic rings. The zero-order valence-electron chi connectivity index (χ0n) is 16.3. The van der Waals surface area contributed by atoms with E-state index in [1.807, 2.05) is 48.5 Å². The number of ether oxygens (including phenoxy) is 1. The second kappa shape index (κ2) is 8.60. The van der Waals surface area contributed by atoms with E-state index < -0.39 is 0 Å². The maximum Gasteiger partial charge on any atom is 0.258 e. The molecule has 148 valence electrons. The van der Waals surface area contributed by atoms with Crippen LogP contribution in [0.5, 0.6) is 5.75 Å². The number of hydrogen-bond acceptors (Lipinski definition) is 6. The third-order valence-corrected chi connectivity index (χ3v) is 4.86. The van der Waals surface area contributed by atoms with Crippen LogP contribution in [0.25, 0.3) is 0 Å². The predicted octanol–water partition coefficient (Wildman–Crippen LogP) is 4.08. The maximum atomic E-state index is 12.5. The van der Waals surface area contributed by atoms with Gasteiger partial charge < -0.3 is 20.3 Å². The van der Waals surface area contributed by atoms with Crippen molar-refractivity contribution < 1.29 is 9.53 Å². The van der Waals surface area contributed by atoms with Gasteiger partial charge in [-0.15, -0.1) is 0 Å². The summed E-state index contributed by atoms with van der Waals surface area (Å²) in [5, 5.41) is 5.98. The van der Waals surface area contributed by atoms with Crippen LogP contribution in [0.15, 0.2) is 60.9 Å². The summed E-state index contributed by atoms with van der Waals surface area (Å²) in [7, 11) is 1.62. The number of rotatable bonds is 6. The van der Waals surface area contributed by atoms with Crippen molar-refractivity contribution in [1.82, 2.24) is 9.97 Å². The van der Waals surface area contributed by atoms with Crippen LogP contribution in [-0.4, -0.2) is 36.1 Å². The first-order chi connectivity index (χ1) is 14.2. The van der Waals surface area contributed by atoms with Gasteiger partial charge >= 0.3 is 0 Å². The minimum atomic E-state index is -0.241. The van der Waals surface area contributed by atoms with Gasteiger partial charge in [0, 0.05) is 42.5 Å². The van der Waals surface area contributed by atoms with Gasteiger partial charge in [-0.2, -0.15) is 0 Å². The highest BCUT2D eigenvalue weighted by Gasteiger charge is 2.13. The molecular weight excluding hydrogens is 366 g/mol. The molecule has 0 unspecified atom stereocenters. The van der Waals surface area contributed by atoms with E-state index in [1.165, 1.54) is 30.9 Å². The topological polar surface area (TPSA) is 79.4 Å². The lowest BCUT2D eigenvalue weighted by molar-refractivity contribution is 0.102. The van der Waals surface area contributed by atoms with Gasteiger partial charge in [0.1, 0.15) is 5.75 Å². The average molecular weight is 389 g/mol. The summed E-state index contributed by atoms with van der Waals surface area (Å²) < 4.78 is 5.14. The van der Waals surface area contributed by atoms with Gasteiger partial charge in [-0.05, 0) is 61.4 Å². The SMILES string of the molecule is COc1ccc(Nc2ncc(C(=O)Nc3ccc(N4CCCC4)cc3)cn2)cc1. The number of hydrogen-bond donors (Lipinski definition) is 2. The zero-order valence-corrected chi connectivity index (χ0v) is 16.3. The molecule has 0 radical (unpaired) electrons. The first-order valence-electron chi connectivity index (χ1n) is 9.61. The third kappa shape index (κ3) is 4.63. The Balaban J connectivity index is 1.36. The summed E-state index contributed by atoms with van der Waals surface area (Å²) in [5.41, 5.74) is 3.17. The van der Waals surface area contributed by atoms with E-state index in [2.05, 4.69) is 25.5 Å². The Bertz CT molecular complexity index is 950. The van der Waals surface area contributed by atoms with E-state index in [0.717, 1.165) is 30.2 Å². The largest absolute Gasteiger partial charge is 0.497 e. The van der Waals surface area contributed by atoms with Gasteiger partial charge in [-0.25, -0.2) is 9.97 Å². The monoisotopic (exact) mass is 389 g/mol. The summed E-state index contributed by atoms with van der Waals surface area (Å²) in [6, 6.07) is 15.4. The van der Waals surface area contributed by atoms with Crippen LogP contribution < -0.4 is 20.3 Å². The summed E-state index contributed by atoms with van der Waals surface area (Å²) in [6.45, 7) is 2.19. The molecule has 3 aromatic rings. The van der Waals surface area contributed by atoms with Crippen LogP contribution in [0.3, 0.4) is 0 Å². The van der Waals surface area contributed by atoms with E-state index in [0.29, 0.717) is 11.5 Å². The van der Waals surface area contributed by atoms with Crippen LogP contribution in [-0.2, 0) is 0 Å². The fourth-order valence-corrected chi connectivity index (χ4v) is 3.25. The molecule has 1 aromatic heterocycles. The molecule has 2 N–H and O–H groups in total. The third-order valence-electron chi connectivity index (χ3n) is 4.86. The van der Waals surface area contributed by atoms with Gasteiger partial charge in [-0.1, -0.05) is 0 Å². The van der Waals surface area contributed by atoms with Gasteiger partial charge in [0.15, 0.2) is 0 Å². The summed E-state index contributed by atoms with van der Waals surface area (Å²) in [5.74, 6) is 0.952. The Morgan fingerprint density at radius 2 is 1.55 bits per heavy atom. The number of amides is 1. The predicted molar refractivity (Wildman–Crippen MR) is 114 cm³/mol. The van der Waals surface area contributed by atoms with Crippen LogP contribution in [0.4, 0.5) is 23.0 Å². The number of benzene rings is 2. The molecule has 0 saturated carbocycles. The average Bonchev–Trinajstić information content (AvgIpc) is 3.30. The van der Waals surface area contributed by atoms with Crippen molar-refractivity contribution in [3.8, 4) is 5.75 Å². The normalized spacial score (nSPS) is 13.2. The zero-order chi connectivity index (χ0) is 20.1. The van der Waals surface area contributed by atoms with Crippen molar-refractivity contribution in [2.75, 3.05) is 35.7 Å². The number of carbonyl (C=O) groups excluding carboxylic acids is 1. The fraction of sp³-hybridized carbons (Fsp3) is 0.227. The molecule has 29 heavy (non-hydrogen) atoms. The molecule has 1 amide bonds. The lowest BCUT2D eigenvalue weighted by atomic mass is 10.2. The smallest absolute Gasteiger partial charge is 0.258 e. The number of carbonyl (C=O) groups is 1. The molecule has 0 atom stereocenters.